The molecule has 2 N–H and O–H groups in total. The van der Waals surface area contributed by atoms with Crippen molar-refractivity contribution in [3.8, 4) is 0 Å². The first-order valence-corrected chi connectivity index (χ1v) is 5.15. The Hall–Kier alpha value is -2.51. The van der Waals surface area contributed by atoms with Crippen molar-refractivity contribution in [2.75, 3.05) is 0 Å². The number of carboxylic acid groups (broad SMARTS) is 1. The highest BCUT2D eigenvalue weighted by molar-refractivity contribution is 5.97. The lowest BCUT2D eigenvalue weighted by atomic mass is 10.1. The summed E-state index contributed by atoms with van der Waals surface area (Å²) in [4.78, 5) is 32.0. The molecule has 0 aliphatic carbocycles. The number of rotatable bonds is 4. The van der Waals surface area contributed by atoms with Crippen molar-refractivity contribution >= 4 is 17.6 Å². The number of nitro benzene ring substituents is 1. The van der Waals surface area contributed by atoms with Crippen LogP contribution in [0, 0.1) is 15.9 Å². The third kappa shape index (κ3) is 3.24. The predicted octanol–water partition coefficient (Wildman–Crippen LogP) is 1.33. The lowest BCUT2D eigenvalue weighted by Gasteiger charge is -2.20. The summed E-state index contributed by atoms with van der Waals surface area (Å²) in [6, 6.07) is 2.58. The highest BCUT2D eigenvalue weighted by atomic mass is 19.1. The summed E-state index contributed by atoms with van der Waals surface area (Å²) in [5, 5.41) is 21.4. The number of carboxylic acids is 1. The van der Waals surface area contributed by atoms with Gasteiger partial charge in [0, 0.05) is 11.6 Å². The maximum Gasteiger partial charge on any atom is 0.328 e. The van der Waals surface area contributed by atoms with Crippen LogP contribution >= 0.6 is 0 Å². The van der Waals surface area contributed by atoms with E-state index in [1.165, 1.54) is 13.8 Å². The molecule has 0 spiro atoms. The maximum atomic E-state index is 13.3. The topological polar surface area (TPSA) is 110 Å². The molecule has 8 heteroatoms. The Kier molecular flexibility index (Phi) is 3.83. The molecule has 0 unspecified atom stereocenters. The molecule has 0 aliphatic heterocycles. The van der Waals surface area contributed by atoms with Gasteiger partial charge in [-0.25, -0.2) is 4.79 Å². The zero-order valence-electron chi connectivity index (χ0n) is 10.1. The summed E-state index contributed by atoms with van der Waals surface area (Å²) in [6.45, 7) is 2.52. The normalized spacial score (nSPS) is 10.9. The van der Waals surface area contributed by atoms with E-state index in [1.807, 2.05) is 0 Å². The molecule has 0 fully saturated rings. The SMILES string of the molecule is CC(C)(NC(=O)c1ccc([N+](=O)[O-])c(F)c1)C(=O)O. The molecule has 1 aromatic rings. The average molecular weight is 270 g/mol. The Bertz CT molecular complexity index is 556. The summed E-state index contributed by atoms with van der Waals surface area (Å²) >= 11 is 0. The molecule has 0 aliphatic rings. The molecule has 0 saturated carbocycles. The third-order valence-electron chi connectivity index (χ3n) is 2.37. The van der Waals surface area contributed by atoms with Gasteiger partial charge in [-0.05, 0) is 26.0 Å². The van der Waals surface area contributed by atoms with Gasteiger partial charge in [0.2, 0.25) is 5.82 Å². The van der Waals surface area contributed by atoms with Crippen molar-refractivity contribution in [2.45, 2.75) is 19.4 Å². The van der Waals surface area contributed by atoms with E-state index in [-0.39, 0.29) is 5.56 Å². The maximum absolute atomic E-state index is 13.3. The van der Waals surface area contributed by atoms with Gasteiger partial charge in [-0.2, -0.15) is 4.39 Å². The summed E-state index contributed by atoms with van der Waals surface area (Å²) in [5.74, 6) is -3.25. The van der Waals surface area contributed by atoms with E-state index < -0.39 is 33.8 Å². The molecular formula is C11H11FN2O5. The number of hydrogen-bond acceptors (Lipinski definition) is 4. The van der Waals surface area contributed by atoms with E-state index in [0.717, 1.165) is 12.1 Å². The molecule has 0 bridgehead atoms. The zero-order chi connectivity index (χ0) is 14.8. The molecule has 7 nitrogen and oxygen atoms in total. The number of carbonyl (C=O) groups excluding carboxylic acids is 1. The monoisotopic (exact) mass is 270 g/mol. The van der Waals surface area contributed by atoms with Crippen molar-refractivity contribution in [1.82, 2.24) is 5.32 Å². The van der Waals surface area contributed by atoms with E-state index in [1.54, 1.807) is 0 Å². The first-order valence-electron chi connectivity index (χ1n) is 5.15. The van der Waals surface area contributed by atoms with Crippen LogP contribution in [0.25, 0.3) is 0 Å². The highest BCUT2D eigenvalue weighted by Crippen LogP contribution is 2.18. The lowest BCUT2D eigenvalue weighted by Crippen LogP contribution is -2.49. The fourth-order valence-electron chi connectivity index (χ4n) is 1.21. The Morgan fingerprint density at radius 1 is 1.42 bits per heavy atom. The van der Waals surface area contributed by atoms with Crippen LogP contribution in [0.2, 0.25) is 0 Å². The smallest absolute Gasteiger partial charge is 0.328 e. The van der Waals surface area contributed by atoms with E-state index in [9.17, 15) is 24.1 Å². The number of nitrogens with zero attached hydrogens (tertiary/aromatic N) is 1. The molecule has 0 saturated heterocycles. The number of hydrogen-bond donors (Lipinski definition) is 2. The Labute approximate surface area is 107 Å². The van der Waals surface area contributed by atoms with Gasteiger partial charge in [0.15, 0.2) is 0 Å². The van der Waals surface area contributed by atoms with Gasteiger partial charge in [-0.3, -0.25) is 14.9 Å². The van der Waals surface area contributed by atoms with Gasteiger partial charge < -0.3 is 10.4 Å². The molecule has 1 amide bonds. The quantitative estimate of drug-likeness (QED) is 0.633. The minimum absolute atomic E-state index is 0.197. The fourth-order valence-corrected chi connectivity index (χ4v) is 1.21. The van der Waals surface area contributed by atoms with Crippen molar-refractivity contribution < 1.29 is 24.0 Å². The standard InChI is InChI=1S/C11H11FN2O5/c1-11(2,10(16)17)13-9(15)6-3-4-8(14(18)19)7(12)5-6/h3-5H,1-2H3,(H,13,15)(H,16,17). The molecule has 102 valence electrons. The predicted molar refractivity (Wildman–Crippen MR) is 62.2 cm³/mol. The van der Waals surface area contributed by atoms with Crippen LogP contribution in [0.15, 0.2) is 18.2 Å². The van der Waals surface area contributed by atoms with Crippen LogP contribution in [0.4, 0.5) is 10.1 Å². The molecule has 0 radical (unpaired) electrons. The second kappa shape index (κ2) is 5.01. The highest BCUT2D eigenvalue weighted by Gasteiger charge is 2.29. The first kappa shape index (κ1) is 14.6. The van der Waals surface area contributed by atoms with E-state index >= 15 is 0 Å². The molecule has 1 aromatic carbocycles. The van der Waals surface area contributed by atoms with E-state index in [2.05, 4.69) is 5.32 Å². The van der Waals surface area contributed by atoms with Crippen molar-refractivity contribution in [3.05, 3.63) is 39.7 Å². The Morgan fingerprint density at radius 2 is 2.00 bits per heavy atom. The summed E-state index contributed by atoms with van der Waals surface area (Å²) in [6.07, 6.45) is 0. The largest absolute Gasteiger partial charge is 0.480 e. The Balaban J connectivity index is 2.99. The molecule has 19 heavy (non-hydrogen) atoms. The molecule has 1 rings (SSSR count). The Morgan fingerprint density at radius 3 is 2.42 bits per heavy atom. The molecule has 0 atom stereocenters. The number of aliphatic carboxylic acids is 1. The molecule has 0 aromatic heterocycles. The summed E-state index contributed by atoms with van der Waals surface area (Å²) in [7, 11) is 0. The van der Waals surface area contributed by atoms with Crippen LogP contribution in [0.1, 0.15) is 24.2 Å². The van der Waals surface area contributed by atoms with Crippen molar-refractivity contribution in [2.24, 2.45) is 0 Å². The zero-order valence-corrected chi connectivity index (χ0v) is 10.1. The van der Waals surface area contributed by atoms with Crippen LogP contribution in [-0.2, 0) is 4.79 Å². The minimum Gasteiger partial charge on any atom is -0.480 e. The van der Waals surface area contributed by atoms with Gasteiger partial charge >= 0.3 is 11.7 Å². The second-order valence-corrected chi connectivity index (χ2v) is 4.31. The first-order chi connectivity index (χ1) is 8.65. The number of amides is 1. The van der Waals surface area contributed by atoms with Gasteiger partial charge in [0.05, 0.1) is 4.92 Å². The van der Waals surface area contributed by atoms with Crippen LogP contribution in [0.3, 0.4) is 0 Å². The molecule has 0 heterocycles. The van der Waals surface area contributed by atoms with Gasteiger partial charge in [-0.15, -0.1) is 0 Å². The number of nitrogens with one attached hydrogen (secondary N) is 1. The third-order valence-corrected chi connectivity index (χ3v) is 2.37. The van der Waals surface area contributed by atoms with Gasteiger partial charge in [-0.1, -0.05) is 0 Å². The number of benzene rings is 1. The van der Waals surface area contributed by atoms with Gasteiger partial charge in [0.1, 0.15) is 5.54 Å². The van der Waals surface area contributed by atoms with Crippen LogP contribution < -0.4 is 5.32 Å². The number of halogens is 1. The number of nitro groups is 1. The average Bonchev–Trinajstić information content (AvgIpc) is 2.27. The summed E-state index contributed by atoms with van der Waals surface area (Å²) in [5.41, 5.74) is -2.48. The van der Waals surface area contributed by atoms with E-state index in [4.69, 9.17) is 5.11 Å². The van der Waals surface area contributed by atoms with Crippen LogP contribution in [0.5, 0.6) is 0 Å². The fraction of sp³-hybridized carbons (Fsp3) is 0.273. The number of carbonyl (C=O) groups is 2. The molecular weight excluding hydrogens is 259 g/mol. The van der Waals surface area contributed by atoms with Crippen molar-refractivity contribution in [1.29, 1.82) is 0 Å². The summed E-state index contributed by atoms with van der Waals surface area (Å²) < 4.78 is 13.3. The van der Waals surface area contributed by atoms with Crippen LogP contribution in [-0.4, -0.2) is 27.4 Å². The lowest BCUT2D eigenvalue weighted by molar-refractivity contribution is -0.387. The van der Waals surface area contributed by atoms with Gasteiger partial charge in [0.25, 0.3) is 5.91 Å². The second-order valence-electron chi connectivity index (χ2n) is 4.31. The van der Waals surface area contributed by atoms with Crippen molar-refractivity contribution in [3.63, 3.8) is 0 Å². The van der Waals surface area contributed by atoms with E-state index in [0.29, 0.717) is 6.07 Å². The minimum atomic E-state index is -1.53.